The van der Waals surface area contributed by atoms with Crippen molar-refractivity contribution in [3.63, 3.8) is 0 Å². The van der Waals surface area contributed by atoms with E-state index in [1.54, 1.807) is 23.6 Å². The zero-order chi connectivity index (χ0) is 14.9. The SMILES string of the molecule is C=CC1(CCCCC)NC(=O)c2c(C)cc(C)c(=O)n21. The summed E-state index contributed by atoms with van der Waals surface area (Å²) < 4.78 is 1.60. The molecule has 0 fully saturated rings. The van der Waals surface area contributed by atoms with Gasteiger partial charge in [0.1, 0.15) is 11.4 Å². The Kier molecular flexibility index (Phi) is 3.84. The van der Waals surface area contributed by atoms with Crippen LogP contribution in [-0.4, -0.2) is 10.5 Å². The number of fused-ring (bicyclic) bond motifs is 1. The first-order chi connectivity index (χ1) is 9.46. The Labute approximate surface area is 119 Å². The molecule has 4 heteroatoms. The number of carbonyl (C=O) groups excluding carboxylic acids is 1. The number of amides is 1. The molecule has 0 radical (unpaired) electrons. The van der Waals surface area contributed by atoms with Crippen LogP contribution in [0.2, 0.25) is 0 Å². The molecule has 1 aliphatic rings. The number of nitrogens with one attached hydrogen (secondary N) is 1. The summed E-state index contributed by atoms with van der Waals surface area (Å²) in [7, 11) is 0. The van der Waals surface area contributed by atoms with Crippen LogP contribution in [-0.2, 0) is 5.66 Å². The second-order valence-electron chi connectivity index (χ2n) is 5.54. The fraction of sp³-hybridized carbons (Fsp3) is 0.500. The Morgan fingerprint density at radius 2 is 2.00 bits per heavy atom. The Balaban J connectivity index is 2.59. The van der Waals surface area contributed by atoms with E-state index in [2.05, 4.69) is 18.8 Å². The molecule has 1 amide bonds. The molecular weight excluding hydrogens is 252 g/mol. The first-order valence-corrected chi connectivity index (χ1v) is 7.16. The summed E-state index contributed by atoms with van der Waals surface area (Å²) >= 11 is 0. The molecule has 0 aliphatic carbocycles. The third kappa shape index (κ3) is 2.09. The average Bonchev–Trinajstić information content (AvgIpc) is 2.70. The van der Waals surface area contributed by atoms with Crippen molar-refractivity contribution < 1.29 is 4.79 Å². The highest BCUT2D eigenvalue weighted by Gasteiger charge is 2.41. The molecule has 0 bridgehead atoms. The van der Waals surface area contributed by atoms with Crippen molar-refractivity contribution in [3.8, 4) is 0 Å². The maximum atomic E-state index is 12.5. The smallest absolute Gasteiger partial charge is 0.270 e. The first kappa shape index (κ1) is 14.6. The van der Waals surface area contributed by atoms with Gasteiger partial charge in [0.15, 0.2) is 0 Å². The van der Waals surface area contributed by atoms with Crippen molar-refractivity contribution in [2.45, 2.75) is 52.1 Å². The van der Waals surface area contributed by atoms with Gasteiger partial charge in [-0.15, -0.1) is 0 Å². The lowest BCUT2D eigenvalue weighted by Crippen LogP contribution is -2.46. The van der Waals surface area contributed by atoms with E-state index in [1.807, 2.05) is 6.92 Å². The number of aromatic nitrogens is 1. The second-order valence-corrected chi connectivity index (χ2v) is 5.54. The Morgan fingerprint density at radius 1 is 1.30 bits per heavy atom. The third-order valence-corrected chi connectivity index (χ3v) is 4.01. The summed E-state index contributed by atoms with van der Waals surface area (Å²) in [6, 6.07) is 1.78. The average molecular weight is 274 g/mol. The monoisotopic (exact) mass is 274 g/mol. The summed E-state index contributed by atoms with van der Waals surface area (Å²) in [4.78, 5) is 24.7. The Morgan fingerprint density at radius 3 is 2.60 bits per heavy atom. The Bertz CT molecular complexity index is 616. The molecule has 1 aliphatic heterocycles. The van der Waals surface area contributed by atoms with Crippen LogP contribution < -0.4 is 10.9 Å². The lowest BCUT2D eigenvalue weighted by atomic mass is 10.0. The lowest BCUT2D eigenvalue weighted by molar-refractivity contribution is 0.0933. The van der Waals surface area contributed by atoms with Crippen LogP contribution in [0.25, 0.3) is 0 Å². The molecule has 0 spiro atoms. The van der Waals surface area contributed by atoms with Gasteiger partial charge in [0, 0.05) is 5.56 Å². The molecule has 2 rings (SSSR count). The van der Waals surface area contributed by atoms with Crippen molar-refractivity contribution in [2.75, 3.05) is 0 Å². The van der Waals surface area contributed by atoms with Crippen molar-refractivity contribution in [1.29, 1.82) is 0 Å². The van der Waals surface area contributed by atoms with Crippen molar-refractivity contribution >= 4 is 5.91 Å². The van der Waals surface area contributed by atoms with Crippen LogP contribution in [0.4, 0.5) is 0 Å². The molecule has 4 nitrogen and oxygen atoms in total. The maximum Gasteiger partial charge on any atom is 0.270 e. The van der Waals surface area contributed by atoms with Gasteiger partial charge >= 0.3 is 0 Å². The van der Waals surface area contributed by atoms with Crippen LogP contribution in [0.1, 0.15) is 54.2 Å². The van der Waals surface area contributed by atoms with Gasteiger partial charge in [0.2, 0.25) is 0 Å². The molecule has 0 aromatic carbocycles. The number of aryl methyl sites for hydroxylation is 2. The molecule has 2 heterocycles. The predicted octanol–water partition coefficient (Wildman–Crippen LogP) is 2.63. The van der Waals surface area contributed by atoms with E-state index in [0.29, 0.717) is 17.7 Å². The molecule has 0 saturated heterocycles. The summed E-state index contributed by atoms with van der Waals surface area (Å²) in [5.74, 6) is -0.184. The molecule has 108 valence electrons. The van der Waals surface area contributed by atoms with Crippen LogP contribution in [0.15, 0.2) is 23.5 Å². The van der Waals surface area contributed by atoms with Gasteiger partial charge in [-0.25, -0.2) is 0 Å². The standard InChI is InChI=1S/C16H22N2O2/c1-5-7-8-9-16(6-2)17-14(19)13-11(3)10-12(4)15(20)18(13)16/h6,10H,2,5,7-9H2,1,3-4H3,(H,17,19). The van der Waals surface area contributed by atoms with E-state index in [9.17, 15) is 9.59 Å². The Hall–Kier alpha value is -1.84. The summed E-state index contributed by atoms with van der Waals surface area (Å²) in [6.45, 7) is 9.63. The van der Waals surface area contributed by atoms with Crippen LogP contribution in [0.5, 0.6) is 0 Å². The largest absolute Gasteiger partial charge is 0.324 e. The number of unbranched alkanes of at least 4 members (excludes halogenated alkanes) is 2. The van der Waals surface area contributed by atoms with Crippen molar-refractivity contribution in [2.24, 2.45) is 0 Å². The molecule has 1 N–H and O–H groups in total. The van der Waals surface area contributed by atoms with Gasteiger partial charge in [0.25, 0.3) is 11.5 Å². The van der Waals surface area contributed by atoms with E-state index >= 15 is 0 Å². The van der Waals surface area contributed by atoms with Gasteiger partial charge in [0.05, 0.1) is 0 Å². The fourth-order valence-electron chi connectivity index (χ4n) is 2.95. The zero-order valence-electron chi connectivity index (χ0n) is 12.5. The minimum Gasteiger partial charge on any atom is -0.324 e. The van der Waals surface area contributed by atoms with Crippen molar-refractivity contribution in [3.05, 3.63) is 45.9 Å². The number of pyridine rings is 1. The molecule has 1 aromatic rings. The second kappa shape index (κ2) is 5.27. The van der Waals surface area contributed by atoms with Crippen LogP contribution >= 0.6 is 0 Å². The first-order valence-electron chi connectivity index (χ1n) is 7.16. The van der Waals surface area contributed by atoms with Crippen molar-refractivity contribution in [1.82, 2.24) is 9.88 Å². The highest BCUT2D eigenvalue weighted by molar-refractivity contribution is 5.96. The minimum absolute atomic E-state index is 0.111. The molecular formula is C16H22N2O2. The molecule has 20 heavy (non-hydrogen) atoms. The molecule has 1 aromatic heterocycles. The van der Waals surface area contributed by atoms with E-state index in [1.165, 1.54) is 0 Å². The minimum atomic E-state index is -0.768. The summed E-state index contributed by atoms with van der Waals surface area (Å²) in [5.41, 5.74) is 1.08. The normalized spacial score (nSPS) is 20.6. The third-order valence-electron chi connectivity index (χ3n) is 4.01. The predicted molar refractivity (Wildman–Crippen MR) is 80.0 cm³/mol. The topological polar surface area (TPSA) is 51.1 Å². The van der Waals surface area contributed by atoms with Gasteiger partial charge in [-0.1, -0.05) is 26.3 Å². The van der Waals surface area contributed by atoms with E-state index < -0.39 is 5.66 Å². The number of nitrogens with zero attached hydrogens (tertiary/aromatic N) is 1. The molecule has 1 atom stereocenters. The lowest BCUT2D eigenvalue weighted by Gasteiger charge is -2.28. The van der Waals surface area contributed by atoms with Gasteiger partial charge in [-0.2, -0.15) is 0 Å². The number of rotatable bonds is 5. The maximum absolute atomic E-state index is 12.5. The van der Waals surface area contributed by atoms with Gasteiger partial charge in [-0.3, -0.25) is 14.2 Å². The van der Waals surface area contributed by atoms with Gasteiger partial charge < -0.3 is 5.32 Å². The highest BCUT2D eigenvalue weighted by Crippen LogP contribution is 2.29. The van der Waals surface area contributed by atoms with Crippen LogP contribution in [0, 0.1) is 13.8 Å². The molecule has 0 saturated carbocycles. The van der Waals surface area contributed by atoms with E-state index in [-0.39, 0.29) is 11.5 Å². The number of carbonyl (C=O) groups is 1. The van der Waals surface area contributed by atoms with E-state index in [4.69, 9.17) is 0 Å². The van der Waals surface area contributed by atoms with E-state index in [0.717, 1.165) is 24.8 Å². The number of hydrogen-bond donors (Lipinski definition) is 1. The fourth-order valence-corrected chi connectivity index (χ4v) is 2.95. The summed E-state index contributed by atoms with van der Waals surface area (Å²) in [5, 5.41) is 2.96. The van der Waals surface area contributed by atoms with Gasteiger partial charge in [-0.05, 0) is 44.4 Å². The molecule has 1 unspecified atom stereocenters. The zero-order valence-corrected chi connectivity index (χ0v) is 12.5. The summed E-state index contributed by atoms with van der Waals surface area (Å²) in [6.07, 6.45) is 5.50. The van der Waals surface area contributed by atoms with Crippen LogP contribution in [0.3, 0.4) is 0 Å². The quantitative estimate of drug-likeness (QED) is 0.663. The highest BCUT2D eigenvalue weighted by atomic mass is 16.2. The number of hydrogen-bond acceptors (Lipinski definition) is 2.